The topological polar surface area (TPSA) is 55.8 Å². The van der Waals surface area contributed by atoms with Crippen LogP contribution in [-0.4, -0.2) is 65.0 Å². The van der Waals surface area contributed by atoms with Gasteiger partial charge in [-0.1, -0.05) is 0 Å². The van der Waals surface area contributed by atoms with Crippen molar-refractivity contribution in [1.29, 1.82) is 0 Å². The third kappa shape index (κ3) is 10.7. The number of rotatable bonds is 10. The Bertz CT molecular complexity index is 273. The molecule has 0 saturated heterocycles. The van der Waals surface area contributed by atoms with Gasteiger partial charge >= 0.3 is 0 Å². The van der Waals surface area contributed by atoms with E-state index in [4.69, 9.17) is 9.47 Å². The molecular formula is C11H25NO4S. The van der Waals surface area contributed by atoms with Gasteiger partial charge in [-0.05, 0) is 20.9 Å². The van der Waals surface area contributed by atoms with Gasteiger partial charge in [0.25, 0.3) is 0 Å². The van der Waals surface area contributed by atoms with E-state index >= 15 is 0 Å². The van der Waals surface area contributed by atoms with Gasteiger partial charge in [-0.3, -0.25) is 0 Å². The fraction of sp³-hybridized carbons (Fsp3) is 1.00. The van der Waals surface area contributed by atoms with Gasteiger partial charge in [0.1, 0.15) is 9.84 Å². The molecule has 0 heterocycles. The zero-order chi connectivity index (χ0) is 13.3. The predicted molar refractivity (Wildman–Crippen MR) is 68.9 cm³/mol. The van der Waals surface area contributed by atoms with Gasteiger partial charge in [0.05, 0.1) is 5.75 Å². The lowest BCUT2D eigenvalue weighted by Gasteiger charge is -2.21. The van der Waals surface area contributed by atoms with E-state index in [2.05, 4.69) is 0 Å². The number of nitrogens with zero attached hydrogens (tertiary/aromatic N) is 1. The zero-order valence-electron chi connectivity index (χ0n) is 11.3. The average Bonchev–Trinajstić information content (AvgIpc) is 2.23. The maximum atomic E-state index is 11.0. The van der Waals surface area contributed by atoms with Crippen LogP contribution in [0.3, 0.4) is 0 Å². The van der Waals surface area contributed by atoms with Crippen molar-refractivity contribution in [2.45, 2.75) is 26.6 Å². The SMILES string of the molecule is CCOC(CCN(C)CCS(C)(=O)=O)OCC. The Labute approximate surface area is 105 Å². The number of hydrogen-bond acceptors (Lipinski definition) is 5. The van der Waals surface area contributed by atoms with Crippen LogP contribution in [0.4, 0.5) is 0 Å². The van der Waals surface area contributed by atoms with Crippen molar-refractivity contribution in [3.05, 3.63) is 0 Å². The van der Waals surface area contributed by atoms with Crippen LogP contribution in [0.1, 0.15) is 20.3 Å². The van der Waals surface area contributed by atoms with Crippen molar-refractivity contribution >= 4 is 9.84 Å². The smallest absolute Gasteiger partial charge is 0.158 e. The Morgan fingerprint density at radius 1 is 1.12 bits per heavy atom. The number of ether oxygens (including phenoxy) is 2. The molecule has 0 saturated carbocycles. The summed E-state index contributed by atoms with van der Waals surface area (Å²) < 4.78 is 32.8. The maximum Gasteiger partial charge on any atom is 0.158 e. The summed E-state index contributed by atoms with van der Waals surface area (Å²) in [5.74, 6) is 0.192. The van der Waals surface area contributed by atoms with Gasteiger partial charge in [0.15, 0.2) is 6.29 Å². The molecule has 0 N–H and O–H groups in total. The van der Waals surface area contributed by atoms with Gasteiger partial charge in [-0.2, -0.15) is 0 Å². The van der Waals surface area contributed by atoms with Crippen LogP contribution in [0, 0.1) is 0 Å². The van der Waals surface area contributed by atoms with E-state index in [-0.39, 0.29) is 12.0 Å². The van der Waals surface area contributed by atoms with Gasteiger partial charge in [-0.25, -0.2) is 8.42 Å². The van der Waals surface area contributed by atoms with Crippen LogP contribution in [0.25, 0.3) is 0 Å². The lowest BCUT2D eigenvalue weighted by atomic mass is 10.4. The second kappa shape index (κ2) is 8.85. The molecule has 0 atom stereocenters. The molecule has 0 amide bonds. The molecule has 0 aliphatic rings. The molecule has 0 aliphatic heterocycles. The van der Waals surface area contributed by atoms with Crippen molar-refractivity contribution in [3.8, 4) is 0 Å². The summed E-state index contributed by atoms with van der Waals surface area (Å²) in [6.45, 7) is 6.41. The van der Waals surface area contributed by atoms with Crippen molar-refractivity contribution in [3.63, 3.8) is 0 Å². The molecular weight excluding hydrogens is 242 g/mol. The van der Waals surface area contributed by atoms with Crippen molar-refractivity contribution in [2.75, 3.05) is 45.4 Å². The number of sulfone groups is 1. The summed E-state index contributed by atoms with van der Waals surface area (Å²) in [5, 5.41) is 0. The molecule has 6 heteroatoms. The molecule has 0 unspecified atom stereocenters. The maximum absolute atomic E-state index is 11.0. The van der Waals surface area contributed by atoms with E-state index in [1.165, 1.54) is 6.26 Å². The summed E-state index contributed by atoms with van der Waals surface area (Å²) in [7, 11) is -0.979. The first kappa shape index (κ1) is 16.8. The molecule has 0 bridgehead atoms. The van der Waals surface area contributed by atoms with Gasteiger partial charge in [0, 0.05) is 39.0 Å². The van der Waals surface area contributed by atoms with Crippen molar-refractivity contribution in [1.82, 2.24) is 4.90 Å². The summed E-state index contributed by atoms with van der Waals surface area (Å²) >= 11 is 0. The Balaban J connectivity index is 3.83. The van der Waals surface area contributed by atoms with Gasteiger partial charge in [-0.15, -0.1) is 0 Å². The van der Waals surface area contributed by atoms with E-state index in [0.717, 1.165) is 13.0 Å². The minimum Gasteiger partial charge on any atom is -0.353 e. The molecule has 104 valence electrons. The summed E-state index contributed by atoms with van der Waals surface area (Å²) in [6, 6.07) is 0. The quantitative estimate of drug-likeness (QED) is 0.547. The highest BCUT2D eigenvalue weighted by molar-refractivity contribution is 7.90. The van der Waals surface area contributed by atoms with Crippen LogP contribution in [0.5, 0.6) is 0 Å². The molecule has 0 aliphatic carbocycles. The molecule has 0 aromatic heterocycles. The third-order valence-corrected chi connectivity index (χ3v) is 3.22. The second-order valence-corrected chi connectivity index (χ2v) is 6.32. The van der Waals surface area contributed by atoms with E-state index in [1.807, 2.05) is 25.8 Å². The minimum absolute atomic E-state index is 0.189. The summed E-state index contributed by atoms with van der Waals surface area (Å²) in [6.07, 6.45) is 1.82. The highest BCUT2D eigenvalue weighted by atomic mass is 32.2. The zero-order valence-corrected chi connectivity index (χ0v) is 12.1. The first-order valence-corrected chi connectivity index (χ1v) is 8.04. The lowest BCUT2D eigenvalue weighted by molar-refractivity contribution is -0.141. The Morgan fingerprint density at radius 2 is 1.65 bits per heavy atom. The van der Waals surface area contributed by atoms with Crippen LogP contribution in [0.15, 0.2) is 0 Å². The first-order chi connectivity index (χ1) is 7.89. The van der Waals surface area contributed by atoms with Crippen LogP contribution in [0.2, 0.25) is 0 Å². The van der Waals surface area contributed by atoms with Gasteiger partial charge < -0.3 is 14.4 Å². The predicted octanol–water partition coefficient (Wildman–Crippen LogP) is 0.752. The molecule has 0 fully saturated rings. The number of hydrogen-bond donors (Lipinski definition) is 0. The largest absolute Gasteiger partial charge is 0.353 e. The first-order valence-electron chi connectivity index (χ1n) is 5.98. The van der Waals surface area contributed by atoms with Gasteiger partial charge in [0.2, 0.25) is 0 Å². The minimum atomic E-state index is -2.88. The third-order valence-electron chi connectivity index (χ3n) is 2.30. The van der Waals surface area contributed by atoms with E-state index in [0.29, 0.717) is 19.8 Å². The van der Waals surface area contributed by atoms with E-state index in [1.54, 1.807) is 0 Å². The Hall–Kier alpha value is -0.170. The fourth-order valence-corrected chi connectivity index (χ4v) is 1.99. The molecule has 0 radical (unpaired) electrons. The van der Waals surface area contributed by atoms with E-state index in [9.17, 15) is 8.42 Å². The Kier molecular flexibility index (Phi) is 8.77. The monoisotopic (exact) mass is 267 g/mol. The molecule has 0 spiro atoms. The second-order valence-electron chi connectivity index (χ2n) is 4.06. The average molecular weight is 267 g/mol. The highest BCUT2D eigenvalue weighted by Crippen LogP contribution is 2.02. The van der Waals surface area contributed by atoms with Crippen LogP contribution < -0.4 is 0 Å². The Morgan fingerprint density at radius 3 is 2.06 bits per heavy atom. The standard InChI is InChI=1S/C11H25NO4S/c1-5-15-11(16-6-2)7-8-12(3)9-10-17(4,13)14/h11H,5-10H2,1-4H3. The normalized spacial score (nSPS) is 12.6. The van der Waals surface area contributed by atoms with Crippen molar-refractivity contribution in [2.24, 2.45) is 0 Å². The molecule has 17 heavy (non-hydrogen) atoms. The molecule has 0 rings (SSSR count). The highest BCUT2D eigenvalue weighted by Gasteiger charge is 2.10. The molecule has 0 aromatic carbocycles. The molecule has 5 nitrogen and oxygen atoms in total. The summed E-state index contributed by atoms with van der Waals surface area (Å²) in [4.78, 5) is 1.98. The molecule has 0 aromatic rings. The van der Waals surface area contributed by atoms with E-state index < -0.39 is 9.84 Å². The van der Waals surface area contributed by atoms with Crippen LogP contribution >= 0.6 is 0 Å². The van der Waals surface area contributed by atoms with Crippen molar-refractivity contribution < 1.29 is 17.9 Å². The lowest BCUT2D eigenvalue weighted by Crippen LogP contribution is -2.30. The fourth-order valence-electron chi connectivity index (χ4n) is 1.35. The van der Waals surface area contributed by atoms with Crippen LogP contribution in [-0.2, 0) is 19.3 Å². The summed E-state index contributed by atoms with van der Waals surface area (Å²) in [5.41, 5.74) is 0.